The first-order valence-corrected chi connectivity index (χ1v) is 6.16. The van der Waals surface area contributed by atoms with Crippen LogP contribution in [0.2, 0.25) is 10.0 Å². The van der Waals surface area contributed by atoms with E-state index >= 15 is 0 Å². The van der Waals surface area contributed by atoms with Gasteiger partial charge in [0.1, 0.15) is 0 Å². The normalized spacial score (nSPS) is 11.1. The molecule has 0 atom stereocenters. The van der Waals surface area contributed by atoms with Crippen molar-refractivity contribution in [2.75, 3.05) is 27.2 Å². The Kier molecular flexibility index (Phi) is 6.14. The fourth-order valence-electron chi connectivity index (χ4n) is 1.56. The van der Waals surface area contributed by atoms with Crippen molar-refractivity contribution in [1.82, 2.24) is 10.2 Å². The Hall–Kier alpha value is -0.280. The minimum absolute atomic E-state index is 0.739. The fourth-order valence-corrected chi connectivity index (χ4v) is 1.93. The molecule has 1 aromatic carbocycles. The van der Waals surface area contributed by atoms with E-state index in [0.29, 0.717) is 0 Å². The van der Waals surface area contributed by atoms with Gasteiger partial charge in [-0.3, -0.25) is 0 Å². The van der Waals surface area contributed by atoms with Crippen molar-refractivity contribution < 1.29 is 0 Å². The summed E-state index contributed by atoms with van der Waals surface area (Å²) in [7, 11) is 4.06. The van der Waals surface area contributed by atoms with Gasteiger partial charge in [-0.15, -0.1) is 0 Å². The van der Waals surface area contributed by atoms with Crippen LogP contribution in [0.1, 0.15) is 12.0 Å². The van der Waals surface area contributed by atoms with Gasteiger partial charge in [-0.2, -0.15) is 0 Å². The number of benzene rings is 1. The SMILES string of the molecule is CNCCCN(C)Cc1cc(Cl)ccc1Cl. The highest BCUT2D eigenvalue weighted by Crippen LogP contribution is 2.21. The molecule has 0 aromatic heterocycles. The molecule has 0 saturated carbocycles. The van der Waals surface area contributed by atoms with Gasteiger partial charge in [-0.05, 0) is 57.4 Å². The van der Waals surface area contributed by atoms with E-state index in [0.717, 1.165) is 41.7 Å². The van der Waals surface area contributed by atoms with Crippen LogP contribution in [0.25, 0.3) is 0 Å². The van der Waals surface area contributed by atoms with Gasteiger partial charge in [0.25, 0.3) is 0 Å². The molecule has 0 saturated heterocycles. The van der Waals surface area contributed by atoms with Crippen LogP contribution in [0.4, 0.5) is 0 Å². The molecule has 2 nitrogen and oxygen atoms in total. The maximum atomic E-state index is 6.10. The standard InChI is InChI=1S/C12H18Cl2N2/c1-15-6-3-7-16(2)9-10-8-11(13)4-5-12(10)14/h4-5,8,15H,3,6-7,9H2,1-2H3. The minimum atomic E-state index is 0.739. The van der Waals surface area contributed by atoms with Crippen molar-refractivity contribution >= 4 is 23.2 Å². The molecule has 0 bridgehead atoms. The predicted molar refractivity (Wildman–Crippen MR) is 71.3 cm³/mol. The molecule has 4 heteroatoms. The lowest BCUT2D eigenvalue weighted by Crippen LogP contribution is -2.22. The monoisotopic (exact) mass is 260 g/mol. The van der Waals surface area contributed by atoms with Crippen molar-refractivity contribution in [1.29, 1.82) is 0 Å². The van der Waals surface area contributed by atoms with Gasteiger partial charge in [0.05, 0.1) is 0 Å². The summed E-state index contributed by atoms with van der Waals surface area (Å²) >= 11 is 12.0. The topological polar surface area (TPSA) is 15.3 Å². The number of hydrogen-bond acceptors (Lipinski definition) is 2. The number of nitrogens with zero attached hydrogens (tertiary/aromatic N) is 1. The second-order valence-corrected chi connectivity index (χ2v) is 4.77. The molecular weight excluding hydrogens is 243 g/mol. The lowest BCUT2D eigenvalue weighted by atomic mass is 10.2. The smallest absolute Gasteiger partial charge is 0.0452 e. The summed E-state index contributed by atoms with van der Waals surface area (Å²) in [6.45, 7) is 2.92. The molecule has 0 unspecified atom stereocenters. The highest BCUT2D eigenvalue weighted by atomic mass is 35.5. The number of hydrogen-bond donors (Lipinski definition) is 1. The third-order valence-corrected chi connectivity index (χ3v) is 3.02. The van der Waals surface area contributed by atoms with Crippen LogP contribution in [0, 0.1) is 0 Å². The Bertz CT molecular complexity index is 329. The number of nitrogens with one attached hydrogen (secondary N) is 1. The summed E-state index contributed by atoms with van der Waals surface area (Å²) < 4.78 is 0. The average molecular weight is 261 g/mol. The van der Waals surface area contributed by atoms with Crippen molar-refractivity contribution in [3.8, 4) is 0 Å². The van der Waals surface area contributed by atoms with Crippen LogP contribution in [-0.4, -0.2) is 32.1 Å². The van der Waals surface area contributed by atoms with Crippen LogP contribution in [0.3, 0.4) is 0 Å². The van der Waals surface area contributed by atoms with Gasteiger partial charge in [-0.25, -0.2) is 0 Å². The first kappa shape index (κ1) is 13.8. The van der Waals surface area contributed by atoms with E-state index in [1.807, 2.05) is 25.2 Å². The molecular formula is C12H18Cl2N2. The fraction of sp³-hybridized carbons (Fsp3) is 0.500. The van der Waals surface area contributed by atoms with E-state index in [4.69, 9.17) is 23.2 Å². The first-order chi connectivity index (χ1) is 7.63. The van der Waals surface area contributed by atoms with E-state index in [9.17, 15) is 0 Å². The highest BCUT2D eigenvalue weighted by molar-refractivity contribution is 6.33. The molecule has 16 heavy (non-hydrogen) atoms. The highest BCUT2D eigenvalue weighted by Gasteiger charge is 2.04. The van der Waals surface area contributed by atoms with Crippen LogP contribution >= 0.6 is 23.2 Å². The molecule has 1 N–H and O–H groups in total. The Morgan fingerprint density at radius 3 is 2.75 bits per heavy atom. The van der Waals surface area contributed by atoms with Gasteiger partial charge in [0.15, 0.2) is 0 Å². The van der Waals surface area contributed by atoms with E-state index in [1.165, 1.54) is 0 Å². The maximum Gasteiger partial charge on any atom is 0.0452 e. The molecule has 0 spiro atoms. The van der Waals surface area contributed by atoms with E-state index in [1.54, 1.807) is 0 Å². The third-order valence-electron chi connectivity index (χ3n) is 2.41. The molecule has 0 aliphatic rings. The lowest BCUT2D eigenvalue weighted by molar-refractivity contribution is 0.321. The van der Waals surface area contributed by atoms with Crippen molar-refractivity contribution in [2.45, 2.75) is 13.0 Å². The van der Waals surface area contributed by atoms with Gasteiger partial charge >= 0.3 is 0 Å². The third kappa shape index (κ3) is 4.71. The molecule has 0 amide bonds. The van der Waals surface area contributed by atoms with E-state index in [-0.39, 0.29) is 0 Å². The van der Waals surface area contributed by atoms with E-state index in [2.05, 4.69) is 17.3 Å². The maximum absolute atomic E-state index is 6.10. The first-order valence-electron chi connectivity index (χ1n) is 5.40. The lowest BCUT2D eigenvalue weighted by Gasteiger charge is -2.17. The second-order valence-electron chi connectivity index (χ2n) is 3.93. The molecule has 90 valence electrons. The summed E-state index contributed by atoms with van der Waals surface area (Å²) in [5.41, 5.74) is 1.08. The van der Waals surface area contributed by atoms with Gasteiger partial charge in [0.2, 0.25) is 0 Å². The van der Waals surface area contributed by atoms with Gasteiger partial charge in [-0.1, -0.05) is 23.2 Å². The van der Waals surface area contributed by atoms with Crippen LogP contribution in [0.15, 0.2) is 18.2 Å². The van der Waals surface area contributed by atoms with Crippen LogP contribution in [-0.2, 0) is 6.54 Å². The summed E-state index contributed by atoms with van der Waals surface area (Å²) in [4.78, 5) is 2.24. The quantitative estimate of drug-likeness (QED) is 0.792. The Morgan fingerprint density at radius 2 is 2.06 bits per heavy atom. The summed E-state index contributed by atoms with van der Waals surface area (Å²) in [6.07, 6.45) is 1.13. The minimum Gasteiger partial charge on any atom is -0.320 e. The Balaban J connectivity index is 2.48. The van der Waals surface area contributed by atoms with Gasteiger partial charge in [0, 0.05) is 16.6 Å². The summed E-state index contributed by atoms with van der Waals surface area (Å²) in [5.74, 6) is 0. The summed E-state index contributed by atoms with van der Waals surface area (Å²) in [5, 5.41) is 4.65. The molecule has 0 aliphatic heterocycles. The predicted octanol–water partition coefficient (Wildman–Crippen LogP) is 3.03. The van der Waals surface area contributed by atoms with Crippen molar-refractivity contribution in [3.63, 3.8) is 0 Å². The Labute approximate surface area is 108 Å². The zero-order chi connectivity index (χ0) is 12.0. The molecule has 0 heterocycles. The van der Waals surface area contributed by atoms with Gasteiger partial charge < -0.3 is 10.2 Å². The van der Waals surface area contributed by atoms with Crippen LogP contribution < -0.4 is 5.32 Å². The molecule has 0 aliphatic carbocycles. The summed E-state index contributed by atoms with van der Waals surface area (Å²) in [6, 6.07) is 5.59. The molecule has 0 radical (unpaired) electrons. The largest absolute Gasteiger partial charge is 0.320 e. The zero-order valence-electron chi connectivity index (χ0n) is 9.76. The molecule has 0 fully saturated rings. The van der Waals surface area contributed by atoms with E-state index < -0.39 is 0 Å². The van der Waals surface area contributed by atoms with Crippen molar-refractivity contribution in [3.05, 3.63) is 33.8 Å². The zero-order valence-corrected chi connectivity index (χ0v) is 11.3. The number of rotatable bonds is 6. The van der Waals surface area contributed by atoms with Crippen molar-refractivity contribution in [2.24, 2.45) is 0 Å². The second kappa shape index (κ2) is 7.13. The molecule has 1 aromatic rings. The Morgan fingerprint density at radius 1 is 1.31 bits per heavy atom. The average Bonchev–Trinajstić information content (AvgIpc) is 2.24. The molecule has 1 rings (SSSR count). The van der Waals surface area contributed by atoms with Crippen LogP contribution in [0.5, 0.6) is 0 Å². The number of halogens is 2.